The van der Waals surface area contributed by atoms with E-state index in [9.17, 15) is 9.90 Å². The minimum atomic E-state index is -0.443. The molecular formula is C16H25N3O2. The summed E-state index contributed by atoms with van der Waals surface area (Å²) in [6.07, 6.45) is -0.443. The van der Waals surface area contributed by atoms with Gasteiger partial charge in [-0.1, -0.05) is 30.3 Å². The topological polar surface area (TPSA) is 55.8 Å². The highest BCUT2D eigenvalue weighted by Crippen LogP contribution is 2.14. The van der Waals surface area contributed by atoms with E-state index in [0.717, 1.165) is 31.7 Å². The minimum absolute atomic E-state index is 0.0928. The van der Waals surface area contributed by atoms with Crippen LogP contribution in [0.2, 0.25) is 0 Å². The van der Waals surface area contributed by atoms with Gasteiger partial charge in [-0.2, -0.15) is 0 Å². The number of amides is 1. The molecule has 0 aromatic heterocycles. The fourth-order valence-corrected chi connectivity index (χ4v) is 2.61. The van der Waals surface area contributed by atoms with Gasteiger partial charge in [0.15, 0.2) is 0 Å². The van der Waals surface area contributed by atoms with Crippen LogP contribution in [0.4, 0.5) is 0 Å². The number of benzene rings is 1. The smallest absolute Gasteiger partial charge is 0.234 e. The minimum Gasteiger partial charge on any atom is -0.387 e. The summed E-state index contributed by atoms with van der Waals surface area (Å²) in [4.78, 5) is 16.0. The normalized spacial score (nSPS) is 18.4. The molecule has 21 heavy (non-hydrogen) atoms. The average Bonchev–Trinajstić information content (AvgIpc) is 2.50. The molecular weight excluding hydrogens is 266 g/mol. The van der Waals surface area contributed by atoms with Crippen LogP contribution in [0.15, 0.2) is 30.3 Å². The Bertz CT molecular complexity index is 430. The summed E-state index contributed by atoms with van der Waals surface area (Å²) in [5.74, 6) is 0.0928. The molecule has 1 aromatic rings. The van der Waals surface area contributed by atoms with Crippen molar-refractivity contribution in [2.24, 2.45) is 0 Å². The predicted octanol–water partition coefficient (Wildman–Crippen LogP) is 0.474. The first kappa shape index (κ1) is 15.9. The summed E-state index contributed by atoms with van der Waals surface area (Å²) in [5, 5.41) is 13.1. The highest BCUT2D eigenvalue weighted by atomic mass is 16.3. The maximum absolute atomic E-state index is 11.5. The van der Waals surface area contributed by atoms with E-state index in [-0.39, 0.29) is 5.91 Å². The van der Waals surface area contributed by atoms with Crippen molar-refractivity contribution in [3.8, 4) is 0 Å². The van der Waals surface area contributed by atoms with Crippen LogP contribution in [0, 0.1) is 0 Å². The van der Waals surface area contributed by atoms with Crippen LogP contribution < -0.4 is 5.32 Å². The molecule has 1 aromatic carbocycles. The number of carbonyl (C=O) groups excluding carboxylic acids is 1. The van der Waals surface area contributed by atoms with E-state index in [4.69, 9.17) is 0 Å². The molecule has 0 spiro atoms. The first-order chi connectivity index (χ1) is 10.2. The highest BCUT2D eigenvalue weighted by molar-refractivity contribution is 5.77. The third kappa shape index (κ3) is 5.12. The molecule has 1 aliphatic rings. The highest BCUT2D eigenvalue weighted by Gasteiger charge is 2.20. The van der Waals surface area contributed by atoms with Gasteiger partial charge < -0.3 is 10.4 Å². The Balaban J connectivity index is 1.73. The quantitative estimate of drug-likeness (QED) is 0.800. The Kier molecular flexibility index (Phi) is 6.17. The molecule has 0 aliphatic carbocycles. The molecule has 5 heteroatoms. The van der Waals surface area contributed by atoms with Crippen LogP contribution in [0.25, 0.3) is 0 Å². The number of hydrogen-bond donors (Lipinski definition) is 2. The number of likely N-dealkylation sites (N-methyl/N-ethyl adjacent to an activating group) is 1. The molecule has 1 fully saturated rings. The summed E-state index contributed by atoms with van der Waals surface area (Å²) >= 11 is 0. The van der Waals surface area contributed by atoms with Crippen molar-refractivity contribution in [1.82, 2.24) is 15.1 Å². The van der Waals surface area contributed by atoms with Crippen LogP contribution in [-0.2, 0) is 4.79 Å². The number of nitrogens with one attached hydrogen (secondary N) is 1. The van der Waals surface area contributed by atoms with Crippen molar-refractivity contribution in [3.05, 3.63) is 35.9 Å². The van der Waals surface area contributed by atoms with Gasteiger partial charge in [0, 0.05) is 39.3 Å². The van der Waals surface area contributed by atoms with Crippen molar-refractivity contribution >= 4 is 5.91 Å². The molecule has 1 saturated heterocycles. The number of aliphatic hydroxyl groups excluding tert-OH is 1. The van der Waals surface area contributed by atoms with E-state index in [2.05, 4.69) is 15.1 Å². The van der Waals surface area contributed by atoms with E-state index in [0.29, 0.717) is 19.6 Å². The summed E-state index contributed by atoms with van der Waals surface area (Å²) in [6, 6.07) is 9.76. The molecule has 116 valence electrons. The first-order valence-corrected chi connectivity index (χ1v) is 7.63. The number of piperazine rings is 1. The lowest BCUT2D eigenvalue weighted by atomic mass is 10.1. The Morgan fingerprint density at radius 2 is 1.81 bits per heavy atom. The summed E-state index contributed by atoms with van der Waals surface area (Å²) in [5.41, 5.74) is 0.960. The van der Waals surface area contributed by atoms with Gasteiger partial charge in [0.2, 0.25) is 5.91 Å². The molecule has 5 nitrogen and oxygen atoms in total. The Morgan fingerprint density at radius 1 is 1.19 bits per heavy atom. The maximum Gasteiger partial charge on any atom is 0.234 e. The number of carbonyl (C=O) groups is 1. The summed E-state index contributed by atoms with van der Waals surface area (Å²) in [7, 11) is 0. The van der Waals surface area contributed by atoms with Crippen LogP contribution in [-0.4, -0.2) is 66.6 Å². The van der Waals surface area contributed by atoms with Crippen LogP contribution >= 0.6 is 0 Å². The van der Waals surface area contributed by atoms with Gasteiger partial charge >= 0.3 is 0 Å². The number of nitrogens with zero attached hydrogens (tertiary/aromatic N) is 2. The molecule has 0 saturated carbocycles. The second-order valence-electron chi connectivity index (χ2n) is 5.46. The predicted molar refractivity (Wildman–Crippen MR) is 83.0 cm³/mol. The fraction of sp³-hybridized carbons (Fsp3) is 0.562. The fourth-order valence-electron chi connectivity index (χ4n) is 2.61. The molecule has 1 heterocycles. The largest absolute Gasteiger partial charge is 0.387 e. The van der Waals surface area contributed by atoms with Crippen LogP contribution in [0.5, 0.6) is 0 Å². The number of aliphatic hydroxyl groups is 1. The van der Waals surface area contributed by atoms with Gasteiger partial charge in [-0.25, -0.2) is 0 Å². The summed E-state index contributed by atoms with van der Waals surface area (Å²) in [6.45, 7) is 7.27. The van der Waals surface area contributed by atoms with E-state index < -0.39 is 6.10 Å². The Labute approximate surface area is 126 Å². The van der Waals surface area contributed by atoms with Crippen LogP contribution in [0.3, 0.4) is 0 Å². The van der Waals surface area contributed by atoms with Gasteiger partial charge in [0.25, 0.3) is 0 Å². The lowest BCUT2D eigenvalue weighted by Crippen LogP contribution is -2.50. The zero-order valence-corrected chi connectivity index (χ0v) is 12.7. The zero-order valence-electron chi connectivity index (χ0n) is 12.7. The van der Waals surface area contributed by atoms with Gasteiger partial charge in [-0.05, 0) is 12.5 Å². The van der Waals surface area contributed by atoms with Crippen LogP contribution in [0.1, 0.15) is 18.6 Å². The van der Waals surface area contributed by atoms with E-state index in [1.807, 2.05) is 37.3 Å². The summed E-state index contributed by atoms with van der Waals surface area (Å²) < 4.78 is 0. The zero-order chi connectivity index (χ0) is 15.1. The van der Waals surface area contributed by atoms with E-state index in [1.54, 1.807) is 0 Å². The number of β-amino-alcohol motifs (C(OH)–C–C–N with tert-alkyl or cyclic N) is 1. The molecule has 1 aliphatic heterocycles. The molecule has 1 unspecified atom stereocenters. The SMILES string of the molecule is CCNC(=O)CN1CCN(CC(O)c2ccccc2)CC1. The third-order valence-electron chi connectivity index (χ3n) is 3.82. The van der Waals surface area contributed by atoms with Crippen molar-refractivity contribution in [2.75, 3.05) is 45.8 Å². The Morgan fingerprint density at radius 3 is 2.43 bits per heavy atom. The second-order valence-corrected chi connectivity index (χ2v) is 5.46. The second kappa shape index (κ2) is 8.12. The third-order valence-corrected chi connectivity index (χ3v) is 3.82. The lowest BCUT2D eigenvalue weighted by Gasteiger charge is -2.35. The van der Waals surface area contributed by atoms with Gasteiger partial charge in [0.05, 0.1) is 12.6 Å². The molecule has 1 amide bonds. The Hall–Kier alpha value is -1.43. The average molecular weight is 291 g/mol. The van der Waals surface area contributed by atoms with Gasteiger partial charge in [0.1, 0.15) is 0 Å². The molecule has 1 atom stereocenters. The van der Waals surface area contributed by atoms with Crippen molar-refractivity contribution in [3.63, 3.8) is 0 Å². The molecule has 0 bridgehead atoms. The lowest BCUT2D eigenvalue weighted by molar-refractivity contribution is -0.122. The standard InChI is InChI=1S/C16H25N3O2/c1-2-17-16(21)13-19-10-8-18(9-11-19)12-15(20)14-6-4-3-5-7-14/h3-7,15,20H,2,8-13H2,1H3,(H,17,21). The van der Waals surface area contributed by atoms with Crippen molar-refractivity contribution < 1.29 is 9.90 Å². The monoisotopic (exact) mass is 291 g/mol. The molecule has 2 N–H and O–H groups in total. The van der Waals surface area contributed by atoms with E-state index >= 15 is 0 Å². The number of hydrogen-bond acceptors (Lipinski definition) is 4. The molecule has 2 rings (SSSR count). The van der Waals surface area contributed by atoms with Crippen molar-refractivity contribution in [2.45, 2.75) is 13.0 Å². The van der Waals surface area contributed by atoms with Gasteiger partial charge in [-0.3, -0.25) is 14.6 Å². The first-order valence-electron chi connectivity index (χ1n) is 7.63. The molecule has 0 radical (unpaired) electrons. The maximum atomic E-state index is 11.5. The number of rotatable bonds is 6. The van der Waals surface area contributed by atoms with Crippen molar-refractivity contribution in [1.29, 1.82) is 0 Å². The van der Waals surface area contributed by atoms with Gasteiger partial charge in [-0.15, -0.1) is 0 Å². The van der Waals surface area contributed by atoms with E-state index in [1.165, 1.54) is 0 Å².